The Morgan fingerprint density at radius 1 is 1.38 bits per heavy atom. The summed E-state index contributed by atoms with van der Waals surface area (Å²) in [6.45, 7) is 4.02. The molecule has 0 radical (unpaired) electrons. The van der Waals surface area contributed by atoms with Gasteiger partial charge in [-0.25, -0.2) is 0 Å². The summed E-state index contributed by atoms with van der Waals surface area (Å²) < 4.78 is 8.70. The normalized spacial score (nSPS) is 11.2. The first kappa shape index (κ1) is 11.9. The van der Waals surface area contributed by atoms with Gasteiger partial charge in [-0.15, -0.1) is 0 Å². The predicted octanol–water partition coefficient (Wildman–Crippen LogP) is 3.59. The Kier molecular flexibility index (Phi) is 3.86. The highest BCUT2D eigenvalue weighted by Gasteiger charge is 2.05. The summed E-state index contributed by atoms with van der Waals surface area (Å²) in [7, 11) is 1.75. The fourth-order valence-corrected chi connectivity index (χ4v) is 2.49. The molecule has 1 aromatic carbocycles. The molecule has 0 unspecified atom stereocenters. The first-order valence-corrected chi connectivity index (χ1v) is 6.54. The molecule has 0 saturated carbocycles. The van der Waals surface area contributed by atoms with E-state index in [-0.39, 0.29) is 0 Å². The highest BCUT2D eigenvalue weighted by Crippen LogP contribution is 2.23. The van der Waals surface area contributed by atoms with Crippen LogP contribution in [0, 0.1) is 10.5 Å². The molecule has 3 heteroatoms. The quantitative estimate of drug-likeness (QED) is 0.618. The van der Waals surface area contributed by atoms with Gasteiger partial charge in [-0.2, -0.15) is 0 Å². The van der Waals surface area contributed by atoms with Crippen molar-refractivity contribution in [2.24, 2.45) is 0 Å². The largest absolute Gasteiger partial charge is 0.385 e. The van der Waals surface area contributed by atoms with E-state index in [4.69, 9.17) is 4.74 Å². The van der Waals surface area contributed by atoms with Gasteiger partial charge in [-0.3, -0.25) is 0 Å². The van der Waals surface area contributed by atoms with Crippen molar-refractivity contribution in [2.75, 3.05) is 13.7 Å². The van der Waals surface area contributed by atoms with E-state index in [9.17, 15) is 0 Å². The maximum Gasteiger partial charge on any atom is 0.0493 e. The number of rotatable bonds is 4. The number of fused-ring (bicyclic) bond motifs is 1. The van der Waals surface area contributed by atoms with Crippen LogP contribution in [0.1, 0.15) is 12.0 Å². The summed E-state index contributed by atoms with van der Waals surface area (Å²) >= 11 is 2.36. The monoisotopic (exact) mass is 329 g/mol. The Labute approximate surface area is 110 Å². The zero-order chi connectivity index (χ0) is 11.5. The zero-order valence-electron chi connectivity index (χ0n) is 9.66. The number of methoxy groups -OCH3 is 1. The molecule has 2 rings (SSSR count). The molecule has 16 heavy (non-hydrogen) atoms. The van der Waals surface area contributed by atoms with E-state index in [2.05, 4.69) is 58.5 Å². The fraction of sp³-hybridized carbons (Fsp3) is 0.385. The second kappa shape index (κ2) is 5.19. The zero-order valence-corrected chi connectivity index (χ0v) is 11.8. The van der Waals surface area contributed by atoms with Crippen LogP contribution in [0.2, 0.25) is 0 Å². The summed E-state index contributed by atoms with van der Waals surface area (Å²) in [6.07, 6.45) is 3.29. The van der Waals surface area contributed by atoms with Crippen molar-refractivity contribution in [1.29, 1.82) is 0 Å². The minimum atomic E-state index is 0.822. The van der Waals surface area contributed by atoms with Crippen molar-refractivity contribution < 1.29 is 4.74 Å². The molecule has 0 aliphatic heterocycles. The van der Waals surface area contributed by atoms with E-state index in [1.807, 2.05) is 0 Å². The van der Waals surface area contributed by atoms with Gasteiger partial charge in [-0.1, -0.05) is 6.07 Å². The Bertz CT molecular complexity index is 490. The molecule has 0 atom stereocenters. The second-order valence-corrected chi connectivity index (χ2v) is 5.26. The molecule has 0 aliphatic rings. The third kappa shape index (κ3) is 2.40. The molecular weight excluding hydrogens is 313 g/mol. The average Bonchev–Trinajstić information content (AvgIpc) is 2.56. The summed E-state index contributed by atoms with van der Waals surface area (Å²) in [5, 5.41) is 1.36. The average molecular weight is 329 g/mol. The van der Waals surface area contributed by atoms with Gasteiger partial charge in [0.25, 0.3) is 0 Å². The molecule has 2 nitrogen and oxygen atoms in total. The number of aromatic nitrogens is 1. The van der Waals surface area contributed by atoms with E-state index in [0.717, 1.165) is 19.6 Å². The Morgan fingerprint density at radius 3 is 2.94 bits per heavy atom. The van der Waals surface area contributed by atoms with Gasteiger partial charge in [0, 0.05) is 40.9 Å². The molecule has 0 amide bonds. The van der Waals surface area contributed by atoms with E-state index in [1.54, 1.807) is 7.11 Å². The molecule has 0 aliphatic carbocycles. The van der Waals surface area contributed by atoms with Gasteiger partial charge in [-0.05, 0) is 53.6 Å². The lowest BCUT2D eigenvalue weighted by Crippen LogP contribution is -1.99. The number of halogens is 1. The Hall–Kier alpha value is -0.550. The van der Waals surface area contributed by atoms with Gasteiger partial charge in [0.1, 0.15) is 0 Å². The molecule has 0 saturated heterocycles. The smallest absolute Gasteiger partial charge is 0.0493 e. The lowest BCUT2D eigenvalue weighted by atomic mass is 10.2. The first-order valence-electron chi connectivity index (χ1n) is 5.46. The lowest BCUT2D eigenvalue weighted by Gasteiger charge is -2.04. The predicted molar refractivity (Wildman–Crippen MR) is 75.9 cm³/mol. The summed E-state index contributed by atoms with van der Waals surface area (Å²) in [5.41, 5.74) is 2.68. The van der Waals surface area contributed by atoms with Crippen LogP contribution in [0.5, 0.6) is 0 Å². The fourth-order valence-electron chi connectivity index (χ4n) is 2.01. The molecule has 1 aromatic heterocycles. The van der Waals surface area contributed by atoms with Crippen molar-refractivity contribution in [3.8, 4) is 0 Å². The van der Waals surface area contributed by atoms with Crippen molar-refractivity contribution in [2.45, 2.75) is 19.9 Å². The van der Waals surface area contributed by atoms with E-state index >= 15 is 0 Å². The number of ether oxygens (including phenoxy) is 1. The van der Waals surface area contributed by atoms with Gasteiger partial charge in [0.15, 0.2) is 0 Å². The number of hydrogen-bond donors (Lipinski definition) is 0. The standard InChI is InChI=1S/C13H16INO/c1-10-9-15(6-3-7-16-2)13-8-11(14)4-5-12(10)13/h4-5,8-9H,3,6-7H2,1-2H3. The maximum absolute atomic E-state index is 5.09. The van der Waals surface area contributed by atoms with Crippen LogP contribution in [-0.2, 0) is 11.3 Å². The lowest BCUT2D eigenvalue weighted by molar-refractivity contribution is 0.190. The SMILES string of the molecule is COCCCn1cc(C)c2ccc(I)cc21. The van der Waals surface area contributed by atoms with Crippen molar-refractivity contribution in [3.05, 3.63) is 33.5 Å². The van der Waals surface area contributed by atoms with E-state index in [0.29, 0.717) is 0 Å². The third-order valence-electron chi connectivity index (χ3n) is 2.79. The third-order valence-corrected chi connectivity index (χ3v) is 3.46. The number of aryl methyl sites for hydroxylation is 2. The topological polar surface area (TPSA) is 14.2 Å². The van der Waals surface area contributed by atoms with Crippen LogP contribution in [0.25, 0.3) is 10.9 Å². The molecule has 0 spiro atoms. The molecule has 2 aromatic rings. The molecular formula is C13H16INO. The van der Waals surface area contributed by atoms with Crippen LogP contribution in [0.4, 0.5) is 0 Å². The van der Waals surface area contributed by atoms with Crippen LogP contribution in [-0.4, -0.2) is 18.3 Å². The highest BCUT2D eigenvalue weighted by atomic mass is 127. The molecule has 0 bridgehead atoms. The highest BCUT2D eigenvalue weighted by molar-refractivity contribution is 14.1. The van der Waals surface area contributed by atoms with Crippen LogP contribution < -0.4 is 0 Å². The van der Waals surface area contributed by atoms with Crippen LogP contribution in [0.15, 0.2) is 24.4 Å². The summed E-state index contributed by atoms with van der Waals surface area (Å²) in [6, 6.07) is 6.62. The van der Waals surface area contributed by atoms with E-state index < -0.39 is 0 Å². The van der Waals surface area contributed by atoms with Gasteiger partial charge in [0.2, 0.25) is 0 Å². The first-order chi connectivity index (χ1) is 7.72. The Balaban J connectivity index is 2.33. The molecule has 86 valence electrons. The second-order valence-electron chi connectivity index (χ2n) is 4.01. The summed E-state index contributed by atoms with van der Waals surface area (Å²) in [5.74, 6) is 0. The van der Waals surface area contributed by atoms with Gasteiger partial charge < -0.3 is 9.30 Å². The molecule has 1 heterocycles. The van der Waals surface area contributed by atoms with Crippen molar-refractivity contribution >= 4 is 33.5 Å². The number of nitrogens with zero attached hydrogens (tertiary/aromatic N) is 1. The van der Waals surface area contributed by atoms with E-state index in [1.165, 1.54) is 20.0 Å². The number of benzene rings is 1. The van der Waals surface area contributed by atoms with Crippen molar-refractivity contribution in [1.82, 2.24) is 4.57 Å². The number of hydrogen-bond acceptors (Lipinski definition) is 1. The van der Waals surface area contributed by atoms with Gasteiger partial charge in [0.05, 0.1) is 0 Å². The minimum Gasteiger partial charge on any atom is -0.385 e. The molecule has 0 fully saturated rings. The minimum absolute atomic E-state index is 0.822. The van der Waals surface area contributed by atoms with Crippen LogP contribution in [0.3, 0.4) is 0 Å². The van der Waals surface area contributed by atoms with Gasteiger partial charge >= 0.3 is 0 Å². The maximum atomic E-state index is 5.09. The van der Waals surface area contributed by atoms with Crippen LogP contribution >= 0.6 is 22.6 Å². The summed E-state index contributed by atoms with van der Waals surface area (Å²) in [4.78, 5) is 0. The molecule has 0 N–H and O–H groups in total. The van der Waals surface area contributed by atoms with Crippen molar-refractivity contribution in [3.63, 3.8) is 0 Å². The Morgan fingerprint density at radius 2 is 2.19 bits per heavy atom.